The van der Waals surface area contributed by atoms with Gasteiger partial charge in [-0.2, -0.15) is 0 Å². The predicted molar refractivity (Wildman–Crippen MR) is 106 cm³/mol. The van der Waals surface area contributed by atoms with E-state index in [2.05, 4.69) is 10.6 Å². The Labute approximate surface area is 168 Å². The van der Waals surface area contributed by atoms with Gasteiger partial charge in [0.2, 0.25) is 0 Å². The molecule has 0 aliphatic carbocycles. The molecule has 152 valence electrons. The summed E-state index contributed by atoms with van der Waals surface area (Å²) in [5.74, 6) is 0.257. The van der Waals surface area contributed by atoms with E-state index in [-0.39, 0.29) is 23.7 Å². The zero-order chi connectivity index (χ0) is 21.0. The highest BCUT2D eigenvalue weighted by Crippen LogP contribution is 2.36. The summed E-state index contributed by atoms with van der Waals surface area (Å²) in [6.45, 7) is 1.89. The lowest BCUT2D eigenvalue weighted by Gasteiger charge is -2.29. The van der Waals surface area contributed by atoms with E-state index in [1.54, 1.807) is 50.4 Å². The maximum Gasteiger partial charge on any atom is 0.338 e. The van der Waals surface area contributed by atoms with Gasteiger partial charge in [0, 0.05) is 0 Å². The molecule has 0 saturated carbocycles. The van der Waals surface area contributed by atoms with Gasteiger partial charge in [0.1, 0.15) is 5.75 Å². The van der Waals surface area contributed by atoms with Gasteiger partial charge in [0.25, 0.3) is 0 Å². The number of hydrogen-bond acceptors (Lipinski definition) is 6. The number of esters is 1. The van der Waals surface area contributed by atoms with E-state index in [9.17, 15) is 14.7 Å². The van der Waals surface area contributed by atoms with Crippen molar-refractivity contribution in [2.24, 2.45) is 0 Å². The van der Waals surface area contributed by atoms with Crippen molar-refractivity contribution < 1.29 is 28.9 Å². The lowest BCUT2D eigenvalue weighted by atomic mass is 9.92. The van der Waals surface area contributed by atoms with E-state index in [1.807, 2.05) is 0 Å². The molecule has 0 bridgehead atoms. The number of urea groups is 1. The van der Waals surface area contributed by atoms with Crippen LogP contribution >= 0.6 is 0 Å². The largest absolute Gasteiger partial charge is 0.504 e. The standard InChI is InChI=1S/C21H22N2O6/c1-4-29-20(25)17-18(12-5-8-14(27-2)9-6-12)22-21(26)23-19(17)13-7-10-15(24)16(11-13)28-3/h5-11,19,24H,4H2,1-3H3,(H2,22,23,26). The topological polar surface area (TPSA) is 106 Å². The number of aromatic hydroxyl groups is 1. The highest BCUT2D eigenvalue weighted by molar-refractivity contribution is 6.04. The molecule has 2 aromatic carbocycles. The Balaban J connectivity index is 2.17. The van der Waals surface area contributed by atoms with E-state index in [0.717, 1.165) is 0 Å². The van der Waals surface area contributed by atoms with E-state index >= 15 is 0 Å². The van der Waals surface area contributed by atoms with E-state index in [1.165, 1.54) is 13.2 Å². The normalized spacial score (nSPS) is 16.0. The van der Waals surface area contributed by atoms with E-state index < -0.39 is 18.0 Å². The number of phenols is 1. The molecule has 29 heavy (non-hydrogen) atoms. The molecule has 2 amide bonds. The van der Waals surface area contributed by atoms with Gasteiger partial charge >= 0.3 is 12.0 Å². The molecule has 1 unspecified atom stereocenters. The monoisotopic (exact) mass is 398 g/mol. The minimum absolute atomic E-state index is 0.0476. The fourth-order valence-corrected chi connectivity index (χ4v) is 3.10. The van der Waals surface area contributed by atoms with Gasteiger partial charge in [-0.05, 0) is 54.4 Å². The van der Waals surface area contributed by atoms with Crippen LogP contribution in [0.15, 0.2) is 48.0 Å². The average molecular weight is 398 g/mol. The SMILES string of the molecule is CCOC(=O)C1=C(c2ccc(OC)cc2)NC(=O)NC1c1ccc(O)c(OC)c1. The smallest absolute Gasteiger partial charge is 0.338 e. The minimum atomic E-state index is -0.797. The summed E-state index contributed by atoms with van der Waals surface area (Å²) in [7, 11) is 2.98. The molecule has 0 radical (unpaired) electrons. The number of nitrogens with one attached hydrogen (secondary N) is 2. The molecule has 8 heteroatoms. The summed E-state index contributed by atoms with van der Waals surface area (Å²) in [6, 6.07) is 10.3. The molecule has 3 N–H and O–H groups in total. The maximum absolute atomic E-state index is 12.8. The Hall–Kier alpha value is -3.68. The van der Waals surface area contributed by atoms with E-state index in [4.69, 9.17) is 14.2 Å². The van der Waals surface area contributed by atoms with Crippen molar-refractivity contribution in [3.63, 3.8) is 0 Å². The molecule has 1 heterocycles. The number of methoxy groups -OCH3 is 2. The fraction of sp³-hybridized carbons (Fsp3) is 0.238. The van der Waals surface area contributed by atoms with Crippen molar-refractivity contribution in [3.05, 3.63) is 59.2 Å². The Morgan fingerprint density at radius 3 is 2.45 bits per heavy atom. The zero-order valence-corrected chi connectivity index (χ0v) is 16.3. The molecular weight excluding hydrogens is 376 g/mol. The predicted octanol–water partition coefficient (Wildman–Crippen LogP) is 2.74. The maximum atomic E-state index is 12.8. The molecule has 8 nitrogen and oxygen atoms in total. The van der Waals surface area contributed by atoms with Crippen molar-refractivity contribution in [2.45, 2.75) is 13.0 Å². The van der Waals surface area contributed by atoms with Crippen molar-refractivity contribution in [1.82, 2.24) is 10.6 Å². The Morgan fingerprint density at radius 1 is 1.10 bits per heavy atom. The second-order valence-corrected chi connectivity index (χ2v) is 6.20. The van der Waals surface area contributed by atoms with Crippen molar-refractivity contribution >= 4 is 17.7 Å². The molecular formula is C21H22N2O6. The highest BCUT2D eigenvalue weighted by atomic mass is 16.5. The van der Waals surface area contributed by atoms with Crippen LogP contribution in [0.5, 0.6) is 17.2 Å². The quantitative estimate of drug-likeness (QED) is 0.646. The minimum Gasteiger partial charge on any atom is -0.504 e. The first-order valence-corrected chi connectivity index (χ1v) is 8.98. The molecule has 0 spiro atoms. The molecule has 1 aliphatic heterocycles. The fourth-order valence-electron chi connectivity index (χ4n) is 3.10. The van der Waals surface area contributed by atoms with Crippen molar-refractivity contribution in [1.29, 1.82) is 0 Å². The van der Waals surface area contributed by atoms with Gasteiger partial charge in [-0.3, -0.25) is 0 Å². The highest BCUT2D eigenvalue weighted by Gasteiger charge is 2.34. The Kier molecular flexibility index (Phi) is 5.92. The first-order valence-electron chi connectivity index (χ1n) is 8.98. The third-order valence-corrected chi connectivity index (χ3v) is 4.48. The lowest BCUT2D eigenvalue weighted by molar-refractivity contribution is -0.138. The molecule has 0 aromatic heterocycles. The van der Waals surface area contributed by atoms with Crippen molar-refractivity contribution in [2.75, 3.05) is 20.8 Å². The number of ether oxygens (including phenoxy) is 3. The van der Waals surface area contributed by atoms with Crippen LogP contribution in [-0.2, 0) is 9.53 Å². The number of carbonyl (C=O) groups excluding carboxylic acids is 2. The molecule has 0 fully saturated rings. The molecule has 3 rings (SSSR count). The van der Waals surface area contributed by atoms with Crippen LogP contribution in [0.25, 0.3) is 5.70 Å². The number of amides is 2. The van der Waals surface area contributed by atoms with Gasteiger partial charge in [-0.25, -0.2) is 9.59 Å². The van der Waals surface area contributed by atoms with Crippen molar-refractivity contribution in [3.8, 4) is 17.2 Å². The zero-order valence-electron chi connectivity index (χ0n) is 16.3. The second-order valence-electron chi connectivity index (χ2n) is 6.20. The van der Waals surface area contributed by atoms with Crippen LogP contribution in [0, 0.1) is 0 Å². The first kappa shape index (κ1) is 20.1. The number of rotatable bonds is 6. The third-order valence-electron chi connectivity index (χ3n) is 4.48. The third kappa shape index (κ3) is 4.11. The summed E-state index contributed by atoms with van der Waals surface area (Å²) in [4.78, 5) is 25.2. The number of hydrogen-bond donors (Lipinski definition) is 3. The van der Waals surface area contributed by atoms with Crippen LogP contribution in [0.1, 0.15) is 24.1 Å². The first-order chi connectivity index (χ1) is 14.0. The Bertz CT molecular complexity index is 952. The van der Waals surface area contributed by atoms with Crippen LogP contribution in [0.3, 0.4) is 0 Å². The summed E-state index contributed by atoms with van der Waals surface area (Å²) in [6.07, 6.45) is 0. The number of carbonyl (C=O) groups is 2. The Morgan fingerprint density at radius 2 is 1.83 bits per heavy atom. The van der Waals surface area contributed by atoms with Gasteiger partial charge < -0.3 is 30.0 Å². The second kappa shape index (κ2) is 8.55. The van der Waals surface area contributed by atoms with Crippen LogP contribution in [-0.4, -0.2) is 37.9 Å². The van der Waals surface area contributed by atoms with Crippen LogP contribution in [0.4, 0.5) is 4.79 Å². The number of phenolic OH excluding ortho intramolecular Hbond substituents is 1. The van der Waals surface area contributed by atoms with Crippen LogP contribution < -0.4 is 20.1 Å². The summed E-state index contributed by atoms with van der Waals surface area (Å²) in [5, 5.41) is 15.3. The van der Waals surface area contributed by atoms with Gasteiger partial charge in [-0.1, -0.05) is 6.07 Å². The summed E-state index contributed by atoms with van der Waals surface area (Å²) in [5.41, 5.74) is 1.76. The average Bonchev–Trinajstić information content (AvgIpc) is 2.73. The lowest BCUT2D eigenvalue weighted by Crippen LogP contribution is -2.45. The molecule has 0 saturated heterocycles. The van der Waals surface area contributed by atoms with Crippen LogP contribution in [0.2, 0.25) is 0 Å². The summed E-state index contributed by atoms with van der Waals surface area (Å²) >= 11 is 0. The molecule has 1 atom stereocenters. The number of benzene rings is 2. The van der Waals surface area contributed by atoms with Gasteiger partial charge in [0.15, 0.2) is 11.5 Å². The van der Waals surface area contributed by atoms with Gasteiger partial charge in [-0.15, -0.1) is 0 Å². The molecule has 2 aromatic rings. The van der Waals surface area contributed by atoms with Gasteiger partial charge in [0.05, 0.1) is 38.1 Å². The summed E-state index contributed by atoms with van der Waals surface area (Å²) < 4.78 is 15.6. The van der Waals surface area contributed by atoms with E-state index in [0.29, 0.717) is 22.6 Å². The molecule has 1 aliphatic rings.